The molecule has 0 heterocycles. The molecule has 0 bridgehead atoms. The summed E-state index contributed by atoms with van der Waals surface area (Å²) in [5.74, 6) is 0.566. The highest BCUT2D eigenvalue weighted by Gasteiger charge is 2.25. The molecular formula is C12H17Cl2NO. The molecule has 2 N–H and O–H groups in total. The number of methoxy groups -OCH3 is 1. The van der Waals surface area contributed by atoms with Crippen molar-refractivity contribution in [2.75, 3.05) is 7.11 Å². The number of halogens is 2. The van der Waals surface area contributed by atoms with Crippen LogP contribution < -0.4 is 10.5 Å². The minimum absolute atomic E-state index is 0.0679. The normalized spacial score (nSPS) is 13.7. The van der Waals surface area contributed by atoms with Crippen molar-refractivity contribution in [3.8, 4) is 5.75 Å². The Bertz CT molecular complexity index is 385. The molecule has 4 heteroatoms. The lowest BCUT2D eigenvalue weighted by Crippen LogP contribution is -2.26. The summed E-state index contributed by atoms with van der Waals surface area (Å²) in [5.41, 5.74) is 6.93. The smallest absolute Gasteiger partial charge is 0.138 e. The molecule has 0 radical (unpaired) electrons. The maximum absolute atomic E-state index is 6.16. The molecule has 0 aliphatic carbocycles. The molecular weight excluding hydrogens is 245 g/mol. The first-order chi connectivity index (χ1) is 7.27. The molecule has 1 aromatic carbocycles. The van der Waals surface area contributed by atoms with E-state index in [4.69, 9.17) is 33.7 Å². The minimum Gasteiger partial charge on any atom is -0.495 e. The van der Waals surface area contributed by atoms with Gasteiger partial charge in [0.2, 0.25) is 0 Å². The highest BCUT2D eigenvalue weighted by Crippen LogP contribution is 2.38. The predicted molar refractivity (Wildman–Crippen MR) is 69.4 cm³/mol. The largest absolute Gasteiger partial charge is 0.495 e. The Kier molecular flexibility index (Phi) is 4.11. The first kappa shape index (κ1) is 13.6. The zero-order valence-corrected chi connectivity index (χ0v) is 11.5. The number of nitrogens with two attached hydrogens (primary N) is 1. The zero-order valence-electron chi connectivity index (χ0n) is 9.97. The Balaban J connectivity index is 3.21. The number of rotatable bonds is 2. The number of hydrogen-bond donors (Lipinski definition) is 1. The van der Waals surface area contributed by atoms with Crippen molar-refractivity contribution in [2.45, 2.75) is 26.8 Å². The second-order valence-corrected chi connectivity index (χ2v) is 5.67. The van der Waals surface area contributed by atoms with E-state index in [1.165, 1.54) is 0 Å². The Morgan fingerprint density at radius 2 is 1.75 bits per heavy atom. The monoisotopic (exact) mass is 261 g/mol. The molecule has 0 aromatic heterocycles. The van der Waals surface area contributed by atoms with Crippen molar-refractivity contribution in [1.82, 2.24) is 0 Å². The topological polar surface area (TPSA) is 35.2 Å². The lowest BCUT2D eigenvalue weighted by atomic mass is 9.83. The average Bonchev–Trinajstić information content (AvgIpc) is 2.18. The molecule has 0 spiro atoms. The van der Waals surface area contributed by atoms with Gasteiger partial charge < -0.3 is 10.5 Å². The van der Waals surface area contributed by atoms with Crippen molar-refractivity contribution in [2.24, 2.45) is 11.1 Å². The Hall–Kier alpha value is -0.440. The summed E-state index contributed by atoms with van der Waals surface area (Å²) in [6, 6.07) is 3.31. The number of ether oxygens (including phenoxy) is 1. The van der Waals surface area contributed by atoms with E-state index in [-0.39, 0.29) is 11.5 Å². The van der Waals surface area contributed by atoms with Crippen LogP contribution in [-0.2, 0) is 0 Å². The van der Waals surface area contributed by atoms with Gasteiger partial charge in [0.05, 0.1) is 12.1 Å². The molecule has 0 fully saturated rings. The first-order valence-corrected chi connectivity index (χ1v) is 5.81. The average molecular weight is 262 g/mol. The summed E-state index contributed by atoms with van der Waals surface area (Å²) in [7, 11) is 1.56. The van der Waals surface area contributed by atoms with E-state index in [2.05, 4.69) is 20.8 Å². The summed E-state index contributed by atoms with van der Waals surface area (Å²) in [6.07, 6.45) is 0. The van der Waals surface area contributed by atoms with Gasteiger partial charge in [0.1, 0.15) is 5.75 Å². The van der Waals surface area contributed by atoms with Gasteiger partial charge in [-0.2, -0.15) is 0 Å². The van der Waals surface area contributed by atoms with Crippen molar-refractivity contribution in [1.29, 1.82) is 0 Å². The third kappa shape index (κ3) is 2.82. The van der Waals surface area contributed by atoms with E-state index in [0.29, 0.717) is 15.8 Å². The molecule has 90 valence electrons. The Labute approximate surface area is 107 Å². The fraction of sp³-hybridized carbons (Fsp3) is 0.500. The minimum atomic E-state index is -0.164. The molecule has 0 aliphatic rings. The van der Waals surface area contributed by atoms with Crippen LogP contribution in [0, 0.1) is 5.41 Å². The molecule has 1 atom stereocenters. The maximum atomic E-state index is 6.16. The van der Waals surface area contributed by atoms with Crippen LogP contribution in [0.2, 0.25) is 10.0 Å². The number of benzene rings is 1. The summed E-state index contributed by atoms with van der Waals surface area (Å²) >= 11 is 12.2. The Morgan fingerprint density at radius 1 is 1.19 bits per heavy atom. The van der Waals surface area contributed by atoms with Gasteiger partial charge in [-0.3, -0.25) is 0 Å². The quantitative estimate of drug-likeness (QED) is 0.872. The van der Waals surface area contributed by atoms with Crippen LogP contribution in [0.5, 0.6) is 5.75 Å². The maximum Gasteiger partial charge on any atom is 0.138 e. The molecule has 16 heavy (non-hydrogen) atoms. The van der Waals surface area contributed by atoms with Crippen LogP contribution in [0.4, 0.5) is 0 Å². The van der Waals surface area contributed by atoms with Gasteiger partial charge in [-0.15, -0.1) is 0 Å². The van der Waals surface area contributed by atoms with Crippen LogP contribution >= 0.6 is 23.2 Å². The summed E-state index contributed by atoms with van der Waals surface area (Å²) in [4.78, 5) is 0. The van der Waals surface area contributed by atoms with Gasteiger partial charge in [-0.25, -0.2) is 0 Å². The van der Waals surface area contributed by atoms with Crippen molar-refractivity contribution in [3.05, 3.63) is 27.7 Å². The van der Waals surface area contributed by atoms with E-state index >= 15 is 0 Å². The summed E-state index contributed by atoms with van der Waals surface area (Å²) < 4.78 is 5.09. The van der Waals surface area contributed by atoms with Crippen LogP contribution in [-0.4, -0.2) is 7.11 Å². The highest BCUT2D eigenvalue weighted by molar-refractivity contribution is 6.34. The third-order valence-electron chi connectivity index (χ3n) is 2.54. The fourth-order valence-electron chi connectivity index (χ4n) is 1.41. The van der Waals surface area contributed by atoms with Crippen LogP contribution in [0.15, 0.2) is 12.1 Å². The summed E-state index contributed by atoms with van der Waals surface area (Å²) in [5, 5.41) is 1.12. The van der Waals surface area contributed by atoms with Crippen LogP contribution in [0.3, 0.4) is 0 Å². The molecule has 1 rings (SSSR count). The highest BCUT2D eigenvalue weighted by atomic mass is 35.5. The van der Waals surface area contributed by atoms with Crippen LogP contribution in [0.25, 0.3) is 0 Å². The molecule has 1 aromatic rings. The van der Waals surface area contributed by atoms with Crippen molar-refractivity contribution < 1.29 is 4.74 Å². The molecule has 0 saturated carbocycles. The van der Waals surface area contributed by atoms with Gasteiger partial charge in [-0.1, -0.05) is 44.0 Å². The fourth-order valence-corrected chi connectivity index (χ4v) is 1.93. The van der Waals surface area contributed by atoms with Gasteiger partial charge >= 0.3 is 0 Å². The molecule has 0 aliphatic heterocycles. The van der Waals surface area contributed by atoms with Gasteiger partial charge in [-0.05, 0) is 17.0 Å². The van der Waals surface area contributed by atoms with E-state index in [0.717, 1.165) is 5.56 Å². The number of hydrogen-bond acceptors (Lipinski definition) is 2. The van der Waals surface area contributed by atoms with Gasteiger partial charge in [0.25, 0.3) is 0 Å². The zero-order chi connectivity index (χ0) is 12.5. The second-order valence-electron chi connectivity index (χ2n) is 4.85. The molecule has 0 amide bonds. The Morgan fingerprint density at radius 3 is 2.19 bits per heavy atom. The standard InChI is InChI=1S/C12H17Cl2NO/c1-12(2,3)11(15)7-5-9(14)10(16-4)6-8(7)13/h5-6,11H,15H2,1-4H3. The SMILES string of the molecule is COc1cc(Cl)c(C(N)C(C)(C)C)cc1Cl. The van der Waals surface area contributed by atoms with Gasteiger partial charge in [0.15, 0.2) is 0 Å². The lowest BCUT2D eigenvalue weighted by molar-refractivity contribution is 0.326. The molecule has 0 saturated heterocycles. The van der Waals surface area contributed by atoms with Crippen molar-refractivity contribution in [3.63, 3.8) is 0 Å². The van der Waals surface area contributed by atoms with E-state index in [9.17, 15) is 0 Å². The van der Waals surface area contributed by atoms with E-state index in [1.54, 1.807) is 19.2 Å². The third-order valence-corrected chi connectivity index (χ3v) is 3.16. The van der Waals surface area contributed by atoms with Gasteiger partial charge in [0, 0.05) is 17.1 Å². The van der Waals surface area contributed by atoms with E-state index in [1.807, 2.05) is 0 Å². The molecule has 2 nitrogen and oxygen atoms in total. The predicted octanol–water partition coefficient (Wildman–Crippen LogP) is 4.05. The second kappa shape index (κ2) is 4.82. The lowest BCUT2D eigenvalue weighted by Gasteiger charge is -2.28. The summed E-state index contributed by atoms with van der Waals surface area (Å²) in [6.45, 7) is 6.18. The van der Waals surface area contributed by atoms with E-state index < -0.39 is 0 Å². The van der Waals surface area contributed by atoms with Crippen molar-refractivity contribution >= 4 is 23.2 Å². The van der Waals surface area contributed by atoms with Crippen LogP contribution in [0.1, 0.15) is 32.4 Å². The molecule has 1 unspecified atom stereocenters. The first-order valence-electron chi connectivity index (χ1n) is 5.06.